The van der Waals surface area contributed by atoms with Crippen molar-refractivity contribution in [3.8, 4) is 22.3 Å². The van der Waals surface area contributed by atoms with Crippen molar-refractivity contribution in [2.24, 2.45) is 0 Å². The third-order valence-corrected chi connectivity index (χ3v) is 11.2. The number of halogens is 2. The van der Waals surface area contributed by atoms with Crippen LogP contribution in [0.2, 0.25) is 10.3 Å². The fourth-order valence-corrected chi connectivity index (χ4v) is 7.97. The predicted octanol–water partition coefficient (Wildman–Crippen LogP) is 12.2. The van der Waals surface area contributed by atoms with E-state index in [0.29, 0.717) is 19.9 Å². The number of hydrogen-bond donors (Lipinski definition) is 3. The minimum atomic E-state index is -0.972. The van der Waals surface area contributed by atoms with E-state index in [1.54, 1.807) is 24.5 Å². The normalized spacial score (nSPS) is 10.8. The van der Waals surface area contributed by atoms with E-state index in [1.807, 2.05) is 72.8 Å². The third-order valence-electron chi connectivity index (χ3n) is 8.17. The number of anilines is 4. The van der Waals surface area contributed by atoms with Gasteiger partial charge < -0.3 is 20.5 Å². The number of rotatable bonds is 8. The number of carboxylic acids is 1. The monoisotopic (exact) mass is 774 g/mol. The number of ether oxygens (including phenoxy) is 1. The molecule has 53 heavy (non-hydrogen) atoms. The van der Waals surface area contributed by atoms with Crippen molar-refractivity contribution in [2.75, 3.05) is 17.7 Å². The van der Waals surface area contributed by atoms with Gasteiger partial charge in [-0.15, -0.1) is 22.7 Å². The summed E-state index contributed by atoms with van der Waals surface area (Å²) in [7, 11) is 1.36. The number of fused-ring (bicyclic) bond motifs is 2. The first kappa shape index (κ1) is 35.6. The Morgan fingerprint density at radius 2 is 1.00 bits per heavy atom. The van der Waals surface area contributed by atoms with Crippen molar-refractivity contribution in [2.45, 2.75) is 0 Å². The van der Waals surface area contributed by atoms with Gasteiger partial charge in [0.25, 0.3) is 0 Å². The Balaban J connectivity index is 0.000000164. The molecule has 0 radical (unpaired) electrons. The Bertz CT molecular complexity index is 2560. The van der Waals surface area contributed by atoms with Gasteiger partial charge in [-0.25, -0.2) is 19.6 Å². The Hall–Kier alpha value is -5.78. The molecule has 4 heterocycles. The molecule has 0 atom stereocenters. The smallest absolute Gasteiger partial charge is 0.348 e. The highest BCUT2D eigenvalue weighted by Gasteiger charge is 2.17. The molecule has 0 amide bonds. The number of nitrogens with one attached hydrogen (secondary N) is 2. The van der Waals surface area contributed by atoms with Gasteiger partial charge in [0.2, 0.25) is 0 Å². The molecule has 0 saturated heterocycles. The summed E-state index contributed by atoms with van der Waals surface area (Å²) in [6.45, 7) is 0. The van der Waals surface area contributed by atoms with E-state index >= 15 is 0 Å². The minimum absolute atomic E-state index is 0.234. The van der Waals surface area contributed by atoms with Gasteiger partial charge >= 0.3 is 11.9 Å². The lowest BCUT2D eigenvalue weighted by Crippen LogP contribution is -1.96. The number of carbonyl (C=O) groups is 2. The third kappa shape index (κ3) is 8.01. The van der Waals surface area contributed by atoms with Crippen LogP contribution in [0.25, 0.3) is 42.4 Å². The number of nitrogens with zero attached hydrogens (tertiary/aromatic N) is 2. The summed E-state index contributed by atoms with van der Waals surface area (Å²) in [4.78, 5) is 32.2. The second-order valence-electron chi connectivity index (χ2n) is 11.6. The maximum atomic E-state index is 11.8. The van der Waals surface area contributed by atoms with E-state index in [1.165, 1.54) is 24.0 Å². The van der Waals surface area contributed by atoms with Gasteiger partial charge in [-0.3, -0.25) is 0 Å². The van der Waals surface area contributed by atoms with Crippen molar-refractivity contribution in [1.29, 1.82) is 0 Å². The van der Waals surface area contributed by atoms with Gasteiger partial charge in [0.15, 0.2) is 0 Å². The molecule has 0 spiro atoms. The maximum Gasteiger partial charge on any atom is 0.348 e. The van der Waals surface area contributed by atoms with Crippen LogP contribution in [0, 0.1) is 0 Å². The van der Waals surface area contributed by atoms with Gasteiger partial charge in [-0.2, -0.15) is 0 Å². The van der Waals surface area contributed by atoms with Crippen molar-refractivity contribution in [3.63, 3.8) is 0 Å². The van der Waals surface area contributed by atoms with Crippen molar-refractivity contribution < 1.29 is 19.4 Å². The highest BCUT2D eigenvalue weighted by molar-refractivity contribution is 7.21. The molecule has 4 aromatic heterocycles. The lowest BCUT2D eigenvalue weighted by molar-refractivity contribution is 0.0605. The second-order valence-corrected chi connectivity index (χ2v) is 14.4. The van der Waals surface area contributed by atoms with E-state index in [4.69, 9.17) is 27.9 Å². The summed E-state index contributed by atoms with van der Waals surface area (Å²) in [5.41, 5.74) is 7.90. The number of benzene rings is 4. The van der Waals surface area contributed by atoms with Gasteiger partial charge in [0, 0.05) is 22.1 Å². The standard InChI is InChI=1S/C21H15ClN2O2S.C20H13ClN2O2S/c1-26-21(25)18-11-16-17(12-23-20(22)19(16)27-18)24-15-9-7-14(8-10-15)13-5-3-2-4-6-13;21-19-18-15(10-17(26-18)20(24)25)16(11-22-19)23-14-8-6-13(7-9-14)12-4-2-1-3-5-12/h2-12,24H,1H3;1-11,23H,(H,24,25). The number of carboxylic acid groups (broad SMARTS) is 1. The summed E-state index contributed by atoms with van der Waals surface area (Å²) in [5, 5.41) is 18.1. The van der Waals surface area contributed by atoms with Crippen molar-refractivity contribution in [1.82, 2.24) is 9.97 Å². The van der Waals surface area contributed by atoms with Crippen LogP contribution in [0.15, 0.2) is 134 Å². The summed E-state index contributed by atoms with van der Waals surface area (Å²) >= 11 is 14.7. The number of pyridine rings is 2. The zero-order valence-electron chi connectivity index (χ0n) is 27.8. The number of thiophene rings is 2. The van der Waals surface area contributed by atoms with Crippen LogP contribution in [-0.2, 0) is 4.74 Å². The summed E-state index contributed by atoms with van der Waals surface area (Å²) in [6.07, 6.45) is 3.29. The number of carbonyl (C=O) groups excluding carboxylic acids is 1. The summed E-state index contributed by atoms with van der Waals surface area (Å²) in [6, 6.07) is 39.9. The highest BCUT2D eigenvalue weighted by atomic mass is 35.5. The topological polar surface area (TPSA) is 113 Å². The number of aromatic carboxylic acids is 1. The predicted molar refractivity (Wildman–Crippen MR) is 218 cm³/mol. The number of aromatic nitrogens is 2. The number of hydrogen-bond acceptors (Lipinski definition) is 9. The molecule has 262 valence electrons. The molecule has 0 unspecified atom stereocenters. The molecule has 0 saturated carbocycles. The Kier molecular flexibility index (Phi) is 10.7. The number of methoxy groups -OCH3 is 1. The summed E-state index contributed by atoms with van der Waals surface area (Å²) < 4.78 is 6.22. The minimum Gasteiger partial charge on any atom is -0.477 e. The molecule has 12 heteroatoms. The van der Waals surface area contributed by atoms with Crippen LogP contribution < -0.4 is 10.6 Å². The number of esters is 1. The fourth-order valence-electron chi connectivity index (χ4n) is 5.56. The zero-order valence-corrected chi connectivity index (χ0v) is 31.0. The molecule has 4 aromatic carbocycles. The largest absolute Gasteiger partial charge is 0.477 e. The second kappa shape index (κ2) is 15.9. The Morgan fingerprint density at radius 3 is 1.42 bits per heavy atom. The van der Waals surface area contributed by atoms with Crippen LogP contribution in [0.3, 0.4) is 0 Å². The van der Waals surface area contributed by atoms with E-state index in [9.17, 15) is 14.7 Å². The molecule has 0 bridgehead atoms. The SMILES string of the molecule is COC(=O)c1cc2c(Nc3ccc(-c4ccccc4)cc3)cnc(Cl)c2s1.O=C(O)c1cc2c(Nc3ccc(-c4ccccc4)cc3)cnc(Cl)c2s1. The van der Waals surface area contributed by atoms with Crippen molar-refractivity contribution in [3.05, 3.63) is 154 Å². The Labute approximate surface area is 322 Å². The van der Waals surface area contributed by atoms with E-state index < -0.39 is 5.97 Å². The van der Waals surface area contributed by atoms with E-state index in [0.717, 1.165) is 66.2 Å². The van der Waals surface area contributed by atoms with Crippen LogP contribution >= 0.6 is 45.9 Å². The quantitative estimate of drug-likeness (QED) is 0.103. The van der Waals surface area contributed by atoms with Gasteiger partial charge in [0.1, 0.15) is 20.1 Å². The molecule has 8 nitrogen and oxygen atoms in total. The first-order chi connectivity index (χ1) is 25.8. The molecule has 8 aromatic rings. The van der Waals surface area contributed by atoms with Gasteiger partial charge in [-0.05, 0) is 58.7 Å². The average Bonchev–Trinajstić information content (AvgIpc) is 3.87. The lowest BCUT2D eigenvalue weighted by Gasteiger charge is -2.09. The maximum absolute atomic E-state index is 11.8. The molecule has 0 aliphatic heterocycles. The molecule has 0 aliphatic rings. The van der Waals surface area contributed by atoms with Gasteiger partial charge in [-0.1, -0.05) is 108 Å². The summed E-state index contributed by atoms with van der Waals surface area (Å²) in [5.74, 6) is -1.36. The average molecular weight is 776 g/mol. The van der Waals surface area contributed by atoms with Crippen LogP contribution in [-0.4, -0.2) is 34.1 Å². The van der Waals surface area contributed by atoms with Gasteiger partial charge in [0.05, 0.1) is 40.3 Å². The van der Waals surface area contributed by atoms with Crippen LogP contribution in [0.1, 0.15) is 19.3 Å². The molecule has 0 fully saturated rings. The van der Waals surface area contributed by atoms with E-state index in [2.05, 4.69) is 57.0 Å². The van der Waals surface area contributed by atoms with Crippen molar-refractivity contribution >= 4 is 101 Å². The zero-order chi connectivity index (χ0) is 36.9. The lowest BCUT2D eigenvalue weighted by atomic mass is 10.1. The first-order valence-corrected chi connectivity index (χ1v) is 18.5. The highest BCUT2D eigenvalue weighted by Crippen LogP contribution is 2.38. The first-order valence-electron chi connectivity index (χ1n) is 16.1. The molecule has 8 rings (SSSR count). The van der Waals surface area contributed by atoms with Crippen LogP contribution in [0.4, 0.5) is 22.7 Å². The molecular weight excluding hydrogens is 748 g/mol. The Morgan fingerprint density at radius 1 is 0.604 bits per heavy atom. The fraction of sp³-hybridized carbons (Fsp3) is 0.0244. The molecular formula is C41H28Cl2N4O4S2. The van der Waals surface area contributed by atoms with Crippen LogP contribution in [0.5, 0.6) is 0 Å². The van der Waals surface area contributed by atoms with E-state index in [-0.39, 0.29) is 10.8 Å². The molecule has 0 aliphatic carbocycles. The molecule has 3 N–H and O–H groups in total.